The molecular formula is C16H11BrFNO. The molecule has 0 aliphatic rings. The number of hydrogen-bond acceptors (Lipinski definition) is 2. The molecule has 20 heavy (non-hydrogen) atoms. The standard InChI is InChI=1S/C16H11BrFNO/c17-12-3-1-10(2-4-12)16-7-11(9-20)14-8-13(18)5-6-15(14)19-16/h1-8,20H,9H2. The number of halogens is 2. The number of aliphatic hydroxyl groups is 1. The average molecular weight is 332 g/mol. The quantitative estimate of drug-likeness (QED) is 0.759. The van der Waals surface area contributed by atoms with Gasteiger partial charge in [-0.1, -0.05) is 28.1 Å². The molecule has 1 heterocycles. The molecule has 3 aromatic rings. The zero-order valence-electron chi connectivity index (χ0n) is 10.5. The minimum atomic E-state index is -0.328. The summed E-state index contributed by atoms with van der Waals surface area (Å²) in [6, 6.07) is 14.0. The van der Waals surface area contributed by atoms with Crippen molar-refractivity contribution in [3.05, 3.63) is 64.4 Å². The van der Waals surface area contributed by atoms with Gasteiger partial charge in [-0.2, -0.15) is 0 Å². The molecule has 0 radical (unpaired) electrons. The van der Waals surface area contributed by atoms with Crippen molar-refractivity contribution in [2.24, 2.45) is 0 Å². The maximum Gasteiger partial charge on any atom is 0.123 e. The summed E-state index contributed by atoms with van der Waals surface area (Å²) in [4.78, 5) is 4.53. The van der Waals surface area contributed by atoms with E-state index in [-0.39, 0.29) is 12.4 Å². The predicted octanol–water partition coefficient (Wildman–Crippen LogP) is 4.30. The molecule has 0 spiro atoms. The Bertz CT molecular complexity index is 771. The Morgan fingerprint density at radius 2 is 1.80 bits per heavy atom. The Morgan fingerprint density at radius 1 is 1.05 bits per heavy atom. The second-order valence-electron chi connectivity index (χ2n) is 4.49. The molecule has 0 unspecified atom stereocenters. The number of pyridine rings is 1. The van der Waals surface area contributed by atoms with Crippen molar-refractivity contribution in [2.45, 2.75) is 6.61 Å². The van der Waals surface area contributed by atoms with Gasteiger partial charge in [0, 0.05) is 15.4 Å². The molecule has 2 nitrogen and oxygen atoms in total. The minimum absolute atomic E-state index is 0.147. The van der Waals surface area contributed by atoms with E-state index in [0.717, 1.165) is 15.7 Å². The predicted molar refractivity (Wildman–Crippen MR) is 80.8 cm³/mol. The van der Waals surface area contributed by atoms with E-state index >= 15 is 0 Å². The first kappa shape index (κ1) is 13.2. The highest BCUT2D eigenvalue weighted by Crippen LogP contribution is 2.26. The monoisotopic (exact) mass is 331 g/mol. The number of rotatable bonds is 2. The molecule has 0 bridgehead atoms. The molecule has 0 amide bonds. The Hall–Kier alpha value is -1.78. The van der Waals surface area contributed by atoms with E-state index in [1.54, 1.807) is 12.1 Å². The van der Waals surface area contributed by atoms with Gasteiger partial charge in [-0.05, 0) is 42.0 Å². The van der Waals surface area contributed by atoms with Gasteiger partial charge < -0.3 is 5.11 Å². The number of aromatic nitrogens is 1. The molecule has 3 rings (SSSR count). The second kappa shape index (κ2) is 5.31. The summed E-state index contributed by atoms with van der Waals surface area (Å²) >= 11 is 3.39. The first-order chi connectivity index (χ1) is 9.67. The second-order valence-corrected chi connectivity index (χ2v) is 5.41. The fourth-order valence-corrected chi connectivity index (χ4v) is 2.43. The van der Waals surface area contributed by atoms with Crippen LogP contribution in [0.2, 0.25) is 0 Å². The highest BCUT2D eigenvalue weighted by Gasteiger charge is 2.08. The topological polar surface area (TPSA) is 33.1 Å². The van der Waals surface area contributed by atoms with Crippen LogP contribution in [0.25, 0.3) is 22.2 Å². The molecular weight excluding hydrogens is 321 g/mol. The Kier molecular flexibility index (Phi) is 3.51. The average Bonchev–Trinajstić information content (AvgIpc) is 2.47. The molecule has 100 valence electrons. The van der Waals surface area contributed by atoms with Crippen LogP contribution in [0.3, 0.4) is 0 Å². The van der Waals surface area contributed by atoms with Crippen LogP contribution in [0.1, 0.15) is 5.56 Å². The van der Waals surface area contributed by atoms with Crippen LogP contribution in [0.15, 0.2) is 53.0 Å². The molecule has 0 saturated carbocycles. The fourth-order valence-electron chi connectivity index (χ4n) is 2.17. The summed E-state index contributed by atoms with van der Waals surface area (Å²) < 4.78 is 14.3. The van der Waals surface area contributed by atoms with Crippen LogP contribution in [0.4, 0.5) is 4.39 Å². The molecule has 1 N–H and O–H groups in total. The largest absolute Gasteiger partial charge is 0.392 e. The van der Waals surface area contributed by atoms with Gasteiger partial charge in [0.25, 0.3) is 0 Å². The van der Waals surface area contributed by atoms with Crippen LogP contribution in [-0.4, -0.2) is 10.1 Å². The zero-order chi connectivity index (χ0) is 14.1. The summed E-state index contributed by atoms with van der Waals surface area (Å²) in [6.45, 7) is -0.147. The fraction of sp³-hybridized carbons (Fsp3) is 0.0625. The lowest BCUT2D eigenvalue weighted by atomic mass is 10.0. The van der Waals surface area contributed by atoms with Crippen LogP contribution >= 0.6 is 15.9 Å². The van der Waals surface area contributed by atoms with E-state index in [9.17, 15) is 9.50 Å². The molecule has 1 aromatic heterocycles. The van der Waals surface area contributed by atoms with Gasteiger partial charge in [-0.25, -0.2) is 9.37 Å². The molecule has 0 atom stereocenters. The summed E-state index contributed by atoms with van der Waals surface area (Å²) in [5, 5.41) is 10.1. The van der Waals surface area contributed by atoms with E-state index in [4.69, 9.17) is 0 Å². The zero-order valence-corrected chi connectivity index (χ0v) is 12.1. The van der Waals surface area contributed by atoms with E-state index in [1.807, 2.05) is 24.3 Å². The summed E-state index contributed by atoms with van der Waals surface area (Å²) in [6.07, 6.45) is 0. The van der Waals surface area contributed by atoms with Crippen molar-refractivity contribution < 1.29 is 9.50 Å². The van der Waals surface area contributed by atoms with E-state index in [2.05, 4.69) is 20.9 Å². The summed E-state index contributed by atoms with van der Waals surface area (Å²) in [7, 11) is 0. The normalized spacial score (nSPS) is 10.9. The van der Waals surface area contributed by atoms with Crippen molar-refractivity contribution in [3.8, 4) is 11.3 Å². The Morgan fingerprint density at radius 3 is 2.50 bits per heavy atom. The molecule has 0 aliphatic heterocycles. The van der Waals surface area contributed by atoms with Crippen LogP contribution < -0.4 is 0 Å². The van der Waals surface area contributed by atoms with E-state index in [0.29, 0.717) is 16.5 Å². The van der Waals surface area contributed by atoms with E-state index < -0.39 is 0 Å². The third-order valence-electron chi connectivity index (χ3n) is 3.17. The first-order valence-electron chi connectivity index (χ1n) is 6.13. The summed E-state index contributed by atoms with van der Waals surface area (Å²) in [5.41, 5.74) is 3.07. The maximum atomic E-state index is 13.3. The van der Waals surface area contributed by atoms with Crippen LogP contribution in [-0.2, 0) is 6.61 Å². The van der Waals surface area contributed by atoms with Crippen LogP contribution in [0, 0.1) is 5.82 Å². The minimum Gasteiger partial charge on any atom is -0.392 e. The first-order valence-corrected chi connectivity index (χ1v) is 6.92. The molecule has 0 fully saturated rings. The van der Waals surface area contributed by atoms with Crippen molar-refractivity contribution >= 4 is 26.8 Å². The maximum absolute atomic E-state index is 13.3. The molecule has 4 heteroatoms. The molecule has 0 aliphatic carbocycles. The third kappa shape index (κ3) is 2.44. The highest BCUT2D eigenvalue weighted by atomic mass is 79.9. The molecule has 0 saturated heterocycles. The third-order valence-corrected chi connectivity index (χ3v) is 3.70. The van der Waals surface area contributed by atoms with Crippen molar-refractivity contribution in [1.82, 2.24) is 4.98 Å². The van der Waals surface area contributed by atoms with Gasteiger partial charge in [0.05, 0.1) is 17.8 Å². The Balaban J connectivity index is 2.22. The van der Waals surface area contributed by atoms with Gasteiger partial charge in [-0.3, -0.25) is 0 Å². The number of fused-ring (bicyclic) bond motifs is 1. The van der Waals surface area contributed by atoms with Gasteiger partial charge in [0.2, 0.25) is 0 Å². The SMILES string of the molecule is OCc1cc(-c2ccc(Br)cc2)nc2ccc(F)cc12. The number of aliphatic hydroxyl groups excluding tert-OH is 1. The van der Waals surface area contributed by atoms with E-state index in [1.165, 1.54) is 12.1 Å². The highest BCUT2D eigenvalue weighted by molar-refractivity contribution is 9.10. The van der Waals surface area contributed by atoms with Crippen molar-refractivity contribution in [2.75, 3.05) is 0 Å². The number of hydrogen-bond donors (Lipinski definition) is 1. The lowest BCUT2D eigenvalue weighted by molar-refractivity contribution is 0.283. The number of benzene rings is 2. The lowest BCUT2D eigenvalue weighted by Gasteiger charge is -2.08. The van der Waals surface area contributed by atoms with Gasteiger partial charge >= 0.3 is 0 Å². The summed E-state index contributed by atoms with van der Waals surface area (Å²) in [5.74, 6) is -0.328. The number of nitrogens with zero attached hydrogens (tertiary/aromatic N) is 1. The van der Waals surface area contributed by atoms with Gasteiger partial charge in [0.1, 0.15) is 5.82 Å². The smallest absolute Gasteiger partial charge is 0.123 e. The lowest BCUT2D eigenvalue weighted by Crippen LogP contribution is -1.93. The Labute approximate surface area is 124 Å². The van der Waals surface area contributed by atoms with Crippen LogP contribution in [0.5, 0.6) is 0 Å². The van der Waals surface area contributed by atoms with Crippen molar-refractivity contribution in [3.63, 3.8) is 0 Å². The molecule has 2 aromatic carbocycles. The van der Waals surface area contributed by atoms with Gasteiger partial charge in [0.15, 0.2) is 0 Å². The van der Waals surface area contributed by atoms with Gasteiger partial charge in [-0.15, -0.1) is 0 Å². The van der Waals surface area contributed by atoms with Crippen molar-refractivity contribution in [1.29, 1.82) is 0 Å².